The first-order valence-corrected chi connectivity index (χ1v) is 11.0. The van der Waals surface area contributed by atoms with Crippen molar-refractivity contribution in [3.05, 3.63) is 0 Å². The van der Waals surface area contributed by atoms with Gasteiger partial charge in [-0.3, -0.25) is 4.79 Å². The minimum Gasteiger partial charge on any atom is -0.463 e. The molecule has 2 unspecified atom stereocenters. The highest BCUT2D eigenvalue weighted by molar-refractivity contribution is 9.09. The van der Waals surface area contributed by atoms with Gasteiger partial charge in [0.1, 0.15) is 6.61 Å². The van der Waals surface area contributed by atoms with Crippen molar-refractivity contribution in [2.75, 3.05) is 13.2 Å². The fourth-order valence-corrected chi connectivity index (χ4v) is 6.55. The molecule has 0 fully saturated rings. The maximum absolute atomic E-state index is 11.2. The third kappa shape index (κ3) is 7.67. The van der Waals surface area contributed by atoms with Crippen LogP contribution in [-0.4, -0.2) is 36.4 Å². The van der Waals surface area contributed by atoms with Crippen LogP contribution >= 0.6 is 38.1 Å². The van der Waals surface area contributed by atoms with Gasteiger partial charge in [0.2, 0.25) is 0 Å². The lowest BCUT2D eigenvalue weighted by Crippen LogP contribution is -2.42. The first kappa shape index (κ1) is 17.7. The lowest BCUT2D eigenvalue weighted by atomic mass is 10.2. The van der Waals surface area contributed by atoms with Crippen molar-refractivity contribution in [1.29, 1.82) is 0 Å². The van der Waals surface area contributed by atoms with Gasteiger partial charge in [0, 0.05) is 4.83 Å². The van der Waals surface area contributed by atoms with Gasteiger partial charge in [-0.25, -0.2) is 0 Å². The van der Waals surface area contributed by atoms with Gasteiger partial charge >= 0.3 is 5.97 Å². The molecule has 0 aromatic heterocycles. The summed E-state index contributed by atoms with van der Waals surface area (Å²) in [5, 5.41) is 0. The lowest BCUT2D eigenvalue weighted by molar-refractivity contribution is -0.149. The number of hydrogen-bond donors (Lipinski definition) is 0. The Morgan fingerprint density at radius 3 is 2.18 bits per heavy atom. The minimum absolute atomic E-state index is 0.0648. The largest absolute Gasteiger partial charge is 0.463 e. The number of rotatable bonds is 7. The Hall–Kier alpha value is 0.707. The average Bonchev–Trinajstić information content (AvgIpc) is 2.13. The van der Waals surface area contributed by atoms with Crippen molar-refractivity contribution in [1.82, 2.24) is 0 Å². The van der Waals surface area contributed by atoms with Crippen molar-refractivity contribution in [2.24, 2.45) is 5.92 Å². The molecule has 0 aliphatic carbocycles. The van der Waals surface area contributed by atoms with Gasteiger partial charge in [-0.2, -0.15) is 0 Å². The standard InChI is InChI=1S/C10H19BrCl2O3Si/c1-7(2)9(14)15-5-6-16-10(8(3)11)17(4,12)13/h7-8,10H,5-6H2,1-4H3. The van der Waals surface area contributed by atoms with Crippen molar-refractivity contribution in [3.8, 4) is 0 Å². The number of alkyl halides is 1. The molecule has 0 aliphatic rings. The normalized spacial score (nSPS) is 15.8. The smallest absolute Gasteiger partial charge is 0.308 e. The van der Waals surface area contributed by atoms with Crippen LogP contribution in [0.5, 0.6) is 0 Å². The Morgan fingerprint density at radius 2 is 1.82 bits per heavy atom. The first-order valence-electron chi connectivity index (χ1n) is 5.46. The summed E-state index contributed by atoms with van der Waals surface area (Å²) in [6.07, 6.45) is 0. The maximum Gasteiger partial charge on any atom is 0.308 e. The molecule has 0 saturated carbocycles. The molecule has 7 heteroatoms. The first-order chi connectivity index (χ1) is 7.66. The predicted octanol–water partition coefficient (Wildman–Crippen LogP) is 3.44. The summed E-state index contributed by atoms with van der Waals surface area (Å²) in [4.78, 5) is 11.3. The second kappa shape index (κ2) is 7.99. The zero-order valence-corrected chi connectivity index (χ0v) is 14.6. The molecule has 17 heavy (non-hydrogen) atoms. The van der Waals surface area contributed by atoms with Gasteiger partial charge in [0.15, 0.2) is 0 Å². The molecule has 0 saturated heterocycles. The van der Waals surface area contributed by atoms with Crippen molar-refractivity contribution >= 4 is 50.8 Å². The highest BCUT2D eigenvalue weighted by atomic mass is 79.9. The summed E-state index contributed by atoms with van der Waals surface area (Å²) in [5.41, 5.74) is -0.233. The number of esters is 1. The molecule has 0 bridgehead atoms. The van der Waals surface area contributed by atoms with Crippen LogP contribution in [0.15, 0.2) is 0 Å². The molecule has 3 nitrogen and oxygen atoms in total. The number of carbonyl (C=O) groups excluding carboxylic acids is 1. The van der Waals surface area contributed by atoms with Crippen LogP contribution in [0.3, 0.4) is 0 Å². The van der Waals surface area contributed by atoms with Crippen LogP contribution < -0.4 is 0 Å². The molecular formula is C10H19BrCl2O3Si. The van der Waals surface area contributed by atoms with E-state index in [-0.39, 0.29) is 29.0 Å². The van der Waals surface area contributed by atoms with Gasteiger partial charge < -0.3 is 9.47 Å². The van der Waals surface area contributed by atoms with Gasteiger partial charge in [-0.15, -0.1) is 22.2 Å². The van der Waals surface area contributed by atoms with Gasteiger partial charge in [0.05, 0.1) is 18.3 Å². The summed E-state index contributed by atoms with van der Waals surface area (Å²) in [6.45, 7) is 5.43. The lowest BCUT2D eigenvalue weighted by Gasteiger charge is -2.26. The summed E-state index contributed by atoms with van der Waals surface area (Å²) >= 11 is 15.7. The minimum atomic E-state index is -2.41. The number of hydrogen-bond acceptors (Lipinski definition) is 3. The van der Waals surface area contributed by atoms with E-state index in [1.54, 1.807) is 20.4 Å². The molecule has 0 aromatic carbocycles. The number of halogens is 3. The Labute approximate surface area is 122 Å². The summed E-state index contributed by atoms with van der Waals surface area (Å²) in [6, 6.07) is 0. The maximum atomic E-state index is 11.2. The van der Waals surface area contributed by atoms with E-state index in [0.29, 0.717) is 6.61 Å². The summed E-state index contributed by atoms with van der Waals surface area (Å²) in [5.74, 6) is -0.351. The van der Waals surface area contributed by atoms with Gasteiger partial charge in [-0.05, 0) is 6.55 Å². The molecule has 2 atom stereocenters. The van der Waals surface area contributed by atoms with Gasteiger partial charge in [0.25, 0.3) is 6.69 Å². The summed E-state index contributed by atoms with van der Waals surface area (Å²) in [7, 11) is 0. The zero-order valence-electron chi connectivity index (χ0n) is 10.5. The third-order valence-corrected chi connectivity index (χ3v) is 5.94. The van der Waals surface area contributed by atoms with E-state index in [1.807, 2.05) is 6.92 Å². The number of carbonyl (C=O) groups is 1. The molecule has 0 N–H and O–H groups in total. The Bertz CT molecular complexity index is 244. The molecule has 0 amide bonds. The van der Waals surface area contributed by atoms with Crippen LogP contribution in [0.2, 0.25) is 6.55 Å². The summed E-state index contributed by atoms with van der Waals surface area (Å²) < 4.78 is 10.6. The van der Waals surface area contributed by atoms with E-state index in [9.17, 15) is 4.79 Å². The van der Waals surface area contributed by atoms with E-state index in [4.69, 9.17) is 31.6 Å². The molecular weight excluding hydrogens is 347 g/mol. The monoisotopic (exact) mass is 364 g/mol. The second-order valence-corrected chi connectivity index (χ2v) is 13.5. The Kier molecular flexibility index (Phi) is 8.33. The van der Waals surface area contributed by atoms with Crippen LogP contribution in [0.1, 0.15) is 20.8 Å². The highest BCUT2D eigenvalue weighted by Crippen LogP contribution is 2.27. The topological polar surface area (TPSA) is 35.5 Å². The van der Waals surface area contributed by atoms with Crippen LogP contribution in [0.4, 0.5) is 0 Å². The third-order valence-electron chi connectivity index (χ3n) is 2.01. The van der Waals surface area contributed by atoms with E-state index < -0.39 is 6.69 Å². The molecule has 0 aromatic rings. The highest BCUT2D eigenvalue weighted by Gasteiger charge is 2.37. The van der Waals surface area contributed by atoms with E-state index in [0.717, 1.165) is 0 Å². The fourth-order valence-electron chi connectivity index (χ4n) is 1.17. The molecule has 0 aliphatic heterocycles. The van der Waals surface area contributed by atoms with Crippen LogP contribution in [0, 0.1) is 5.92 Å². The quantitative estimate of drug-likeness (QED) is 0.228. The number of ether oxygens (including phenoxy) is 2. The molecule has 0 heterocycles. The Balaban J connectivity index is 3.97. The fraction of sp³-hybridized carbons (Fsp3) is 0.900. The molecule has 102 valence electrons. The van der Waals surface area contributed by atoms with E-state index in [1.165, 1.54) is 0 Å². The second-order valence-electron chi connectivity index (χ2n) is 4.25. The van der Waals surface area contributed by atoms with Crippen molar-refractivity contribution in [3.63, 3.8) is 0 Å². The molecule has 0 radical (unpaired) electrons. The van der Waals surface area contributed by atoms with Gasteiger partial charge in [-0.1, -0.05) is 36.7 Å². The SMILES string of the molecule is CC(C)C(=O)OCCOC(C(C)Br)[Si](C)(Cl)Cl. The van der Waals surface area contributed by atoms with Crippen molar-refractivity contribution in [2.45, 2.75) is 37.9 Å². The predicted molar refractivity (Wildman–Crippen MR) is 77.3 cm³/mol. The van der Waals surface area contributed by atoms with Crippen LogP contribution in [0.25, 0.3) is 0 Å². The zero-order chi connectivity index (χ0) is 13.6. The average molecular weight is 366 g/mol. The Morgan fingerprint density at radius 1 is 1.29 bits per heavy atom. The van der Waals surface area contributed by atoms with E-state index in [2.05, 4.69) is 15.9 Å². The molecule has 0 rings (SSSR count). The van der Waals surface area contributed by atoms with Crippen molar-refractivity contribution < 1.29 is 14.3 Å². The van der Waals surface area contributed by atoms with E-state index >= 15 is 0 Å². The molecule has 0 spiro atoms. The van der Waals surface area contributed by atoms with Crippen LogP contribution in [-0.2, 0) is 14.3 Å².